The van der Waals surface area contributed by atoms with Gasteiger partial charge in [0.05, 0.1) is 29.6 Å². The number of aliphatic hydroxyl groups excluding tert-OH is 1. The van der Waals surface area contributed by atoms with E-state index in [1.165, 1.54) is 0 Å². The van der Waals surface area contributed by atoms with Crippen molar-refractivity contribution in [1.29, 1.82) is 0 Å². The van der Waals surface area contributed by atoms with E-state index < -0.39 is 0 Å². The Labute approximate surface area is 99.1 Å². The predicted octanol–water partition coefficient (Wildman–Crippen LogP) is 1.72. The van der Waals surface area contributed by atoms with Crippen molar-refractivity contribution in [1.82, 2.24) is 14.3 Å². The number of rotatable bonds is 3. The van der Waals surface area contributed by atoms with Crippen LogP contribution in [0.4, 0.5) is 0 Å². The zero-order chi connectivity index (χ0) is 11.7. The monoisotopic (exact) mass is 239 g/mol. The molecule has 2 aromatic rings. The summed E-state index contributed by atoms with van der Waals surface area (Å²) in [6, 6.07) is 1.89. The zero-order valence-corrected chi connectivity index (χ0v) is 10.1. The lowest BCUT2D eigenvalue weighted by molar-refractivity contribution is 0.281. The van der Waals surface area contributed by atoms with Gasteiger partial charge in [0, 0.05) is 19.4 Å². The van der Waals surface area contributed by atoms with Crippen LogP contribution in [0.2, 0.25) is 5.02 Å². The maximum Gasteiger partial charge on any atom is 0.0865 e. The van der Waals surface area contributed by atoms with Gasteiger partial charge >= 0.3 is 0 Å². The molecule has 5 heteroatoms. The fourth-order valence-corrected chi connectivity index (χ4v) is 1.93. The molecule has 0 radical (unpaired) electrons. The smallest absolute Gasteiger partial charge is 0.0865 e. The highest BCUT2D eigenvalue weighted by Crippen LogP contribution is 2.20. The minimum atomic E-state index is 0.0607. The van der Waals surface area contributed by atoms with Crippen LogP contribution in [0, 0.1) is 6.92 Å². The van der Waals surface area contributed by atoms with Crippen molar-refractivity contribution in [3.63, 3.8) is 0 Å². The molecular weight excluding hydrogens is 226 g/mol. The Kier molecular flexibility index (Phi) is 3.03. The number of halogens is 1. The average Bonchev–Trinajstić information content (AvgIpc) is 2.80. The van der Waals surface area contributed by atoms with Crippen LogP contribution >= 0.6 is 11.6 Å². The van der Waals surface area contributed by atoms with Gasteiger partial charge in [0.2, 0.25) is 0 Å². The molecule has 0 unspecified atom stereocenters. The van der Waals surface area contributed by atoms with Crippen LogP contribution in [-0.2, 0) is 20.2 Å². The topological polar surface area (TPSA) is 43.0 Å². The van der Waals surface area contributed by atoms with E-state index in [2.05, 4.69) is 5.10 Å². The van der Waals surface area contributed by atoms with E-state index in [0.717, 1.165) is 17.0 Å². The molecule has 0 saturated carbocycles. The molecule has 0 atom stereocenters. The van der Waals surface area contributed by atoms with Crippen LogP contribution in [0.25, 0.3) is 0 Å². The highest BCUT2D eigenvalue weighted by molar-refractivity contribution is 6.31. The van der Waals surface area contributed by atoms with Gasteiger partial charge < -0.3 is 9.67 Å². The van der Waals surface area contributed by atoms with Gasteiger partial charge in [-0.05, 0) is 18.6 Å². The molecule has 4 nitrogen and oxygen atoms in total. The van der Waals surface area contributed by atoms with E-state index >= 15 is 0 Å². The summed E-state index contributed by atoms with van der Waals surface area (Å²) < 4.78 is 3.77. The summed E-state index contributed by atoms with van der Waals surface area (Å²) in [5.41, 5.74) is 2.71. The maximum atomic E-state index is 8.97. The second-order valence-electron chi connectivity index (χ2n) is 3.82. The molecule has 86 valence electrons. The summed E-state index contributed by atoms with van der Waals surface area (Å²) in [6.07, 6.45) is 3.82. The Morgan fingerprint density at radius 1 is 1.50 bits per heavy atom. The summed E-state index contributed by atoms with van der Waals surface area (Å²) in [5.74, 6) is 0. The Hall–Kier alpha value is -1.26. The molecule has 2 rings (SSSR count). The highest BCUT2D eigenvalue weighted by atomic mass is 35.5. The molecule has 0 spiro atoms. The van der Waals surface area contributed by atoms with Crippen LogP contribution in [0.3, 0.4) is 0 Å². The number of nitrogens with zero attached hydrogens (tertiary/aromatic N) is 3. The van der Waals surface area contributed by atoms with Crippen molar-refractivity contribution in [2.24, 2.45) is 7.05 Å². The molecule has 16 heavy (non-hydrogen) atoms. The van der Waals surface area contributed by atoms with Crippen LogP contribution in [0.15, 0.2) is 18.5 Å². The predicted molar refractivity (Wildman–Crippen MR) is 62.4 cm³/mol. The summed E-state index contributed by atoms with van der Waals surface area (Å²) in [6.45, 7) is 2.61. The van der Waals surface area contributed by atoms with Gasteiger partial charge in [0.25, 0.3) is 0 Å². The van der Waals surface area contributed by atoms with E-state index in [1.807, 2.05) is 37.0 Å². The number of aromatic nitrogens is 3. The Balaban J connectivity index is 2.26. The minimum Gasteiger partial charge on any atom is -0.392 e. The molecule has 0 aliphatic carbocycles. The van der Waals surface area contributed by atoms with Crippen LogP contribution in [0.1, 0.15) is 17.0 Å². The lowest BCUT2D eigenvalue weighted by atomic mass is 10.3. The van der Waals surface area contributed by atoms with Crippen LogP contribution in [0.5, 0.6) is 0 Å². The van der Waals surface area contributed by atoms with Gasteiger partial charge in [0.1, 0.15) is 0 Å². The molecule has 0 bridgehead atoms. The van der Waals surface area contributed by atoms with Gasteiger partial charge in [-0.3, -0.25) is 4.68 Å². The number of aryl methyl sites for hydroxylation is 2. The largest absolute Gasteiger partial charge is 0.392 e. The van der Waals surface area contributed by atoms with Gasteiger partial charge in [0.15, 0.2) is 0 Å². The quantitative estimate of drug-likeness (QED) is 0.887. The lowest BCUT2D eigenvalue weighted by Crippen LogP contribution is -2.04. The van der Waals surface area contributed by atoms with Crippen molar-refractivity contribution in [3.05, 3.63) is 40.4 Å². The third kappa shape index (κ3) is 1.99. The van der Waals surface area contributed by atoms with Gasteiger partial charge in [-0.1, -0.05) is 11.6 Å². The normalized spacial score (nSPS) is 11.0. The van der Waals surface area contributed by atoms with Crippen molar-refractivity contribution >= 4 is 11.6 Å². The minimum absolute atomic E-state index is 0.0607. The molecule has 2 heterocycles. The van der Waals surface area contributed by atoms with Gasteiger partial charge in [-0.25, -0.2) is 0 Å². The first-order valence-corrected chi connectivity index (χ1v) is 5.43. The molecule has 0 aromatic carbocycles. The van der Waals surface area contributed by atoms with E-state index in [4.69, 9.17) is 16.7 Å². The average molecular weight is 240 g/mol. The third-order valence-corrected chi connectivity index (χ3v) is 3.08. The fraction of sp³-hybridized carbons (Fsp3) is 0.364. The first-order valence-electron chi connectivity index (χ1n) is 5.05. The van der Waals surface area contributed by atoms with Crippen LogP contribution in [-0.4, -0.2) is 19.5 Å². The fourth-order valence-electron chi connectivity index (χ4n) is 1.71. The van der Waals surface area contributed by atoms with E-state index in [9.17, 15) is 0 Å². The standard InChI is InChI=1S/C11H14ClN3O/c1-8-11(12)10(14(2)13-8)6-15-4-3-9(5-15)7-16/h3-5,16H,6-7H2,1-2H3. The molecule has 0 aliphatic heterocycles. The van der Waals surface area contributed by atoms with Gasteiger partial charge in [-0.15, -0.1) is 0 Å². The van der Waals surface area contributed by atoms with Crippen molar-refractivity contribution in [3.8, 4) is 0 Å². The molecule has 0 aliphatic rings. The molecular formula is C11H14ClN3O. The SMILES string of the molecule is Cc1nn(C)c(Cn2ccc(CO)c2)c1Cl. The van der Waals surface area contributed by atoms with E-state index in [1.54, 1.807) is 4.68 Å². The second-order valence-corrected chi connectivity index (χ2v) is 4.20. The second kappa shape index (κ2) is 4.31. The van der Waals surface area contributed by atoms with Crippen LogP contribution < -0.4 is 0 Å². The molecule has 0 fully saturated rings. The van der Waals surface area contributed by atoms with E-state index in [-0.39, 0.29) is 6.61 Å². The first kappa shape index (κ1) is 11.2. The Morgan fingerprint density at radius 3 is 2.75 bits per heavy atom. The molecule has 1 N–H and O–H groups in total. The highest BCUT2D eigenvalue weighted by Gasteiger charge is 2.11. The Morgan fingerprint density at radius 2 is 2.25 bits per heavy atom. The van der Waals surface area contributed by atoms with Crippen molar-refractivity contribution < 1.29 is 5.11 Å². The summed E-state index contributed by atoms with van der Waals surface area (Å²) in [5, 5.41) is 13.9. The molecule has 0 saturated heterocycles. The molecule has 0 amide bonds. The van der Waals surface area contributed by atoms with E-state index in [0.29, 0.717) is 11.6 Å². The van der Waals surface area contributed by atoms with Gasteiger partial charge in [-0.2, -0.15) is 5.10 Å². The number of hydrogen-bond acceptors (Lipinski definition) is 2. The third-order valence-electron chi connectivity index (χ3n) is 2.59. The lowest BCUT2D eigenvalue weighted by Gasteiger charge is -2.04. The Bertz CT molecular complexity index is 501. The summed E-state index contributed by atoms with van der Waals surface area (Å²) >= 11 is 6.16. The zero-order valence-electron chi connectivity index (χ0n) is 9.31. The molecule has 2 aromatic heterocycles. The number of hydrogen-bond donors (Lipinski definition) is 1. The maximum absolute atomic E-state index is 8.97. The van der Waals surface area contributed by atoms with Crippen molar-refractivity contribution in [2.75, 3.05) is 0 Å². The first-order chi connectivity index (χ1) is 7.61. The summed E-state index contributed by atoms with van der Waals surface area (Å²) in [4.78, 5) is 0. The van der Waals surface area contributed by atoms with Crippen molar-refractivity contribution in [2.45, 2.75) is 20.1 Å². The number of aliphatic hydroxyl groups is 1. The summed E-state index contributed by atoms with van der Waals surface area (Å²) in [7, 11) is 1.88.